The molecule has 31 heavy (non-hydrogen) atoms. The number of aryl methyl sites for hydroxylation is 2. The highest BCUT2D eigenvalue weighted by atomic mass is 16.5. The number of fused-ring (bicyclic) bond motifs is 3. The predicted molar refractivity (Wildman–Crippen MR) is 120 cm³/mol. The molecular formula is C27H27NO3. The second-order valence-corrected chi connectivity index (χ2v) is 8.47. The predicted octanol–water partition coefficient (Wildman–Crippen LogP) is 4.58. The first-order chi connectivity index (χ1) is 15.2. The normalized spacial score (nSPS) is 18.5. The van der Waals surface area contributed by atoms with Crippen molar-refractivity contribution in [2.24, 2.45) is 0 Å². The highest BCUT2D eigenvalue weighted by Gasteiger charge is 2.30. The molecule has 4 heteroatoms. The zero-order valence-electron chi connectivity index (χ0n) is 17.5. The number of hydrogen-bond donors (Lipinski definition) is 1. The lowest BCUT2D eigenvalue weighted by Crippen LogP contribution is -2.38. The zero-order valence-corrected chi connectivity index (χ0v) is 17.5. The van der Waals surface area contributed by atoms with Crippen LogP contribution in [0.4, 0.5) is 0 Å². The Hall–Kier alpha value is -2.95. The molecule has 3 aromatic rings. The molecule has 0 saturated carbocycles. The number of rotatable bonds is 5. The van der Waals surface area contributed by atoms with Gasteiger partial charge in [-0.25, -0.2) is 0 Å². The van der Waals surface area contributed by atoms with Crippen molar-refractivity contribution in [2.45, 2.75) is 31.4 Å². The molecule has 5 rings (SSSR count). The van der Waals surface area contributed by atoms with E-state index < -0.39 is 11.9 Å². The van der Waals surface area contributed by atoms with Crippen LogP contribution in [0.5, 0.6) is 0 Å². The molecule has 1 unspecified atom stereocenters. The number of carboxylic acid groups (broad SMARTS) is 1. The second kappa shape index (κ2) is 8.66. The number of ether oxygens (including phenoxy) is 1. The van der Waals surface area contributed by atoms with Gasteiger partial charge in [-0.05, 0) is 46.2 Å². The lowest BCUT2D eigenvalue weighted by molar-refractivity contribution is -0.139. The second-order valence-electron chi connectivity index (χ2n) is 8.47. The Morgan fingerprint density at radius 1 is 0.839 bits per heavy atom. The van der Waals surface area contributed by atoms with Crippen LogP contribution in [0, 0.1) is 0 Å². The molecule has 1 aliphatic heterocycles. The van der Waals surface area contributed by atoms with Crippen LogP contribution in [-0.2, 0) is 28.9 Å². The molecule has 1 heterocycles. The van der Waals surface area contributed by atoms with Crippen molar-refractivity contribution in [2.75, 3.05) is 19.7 Å². The maximum absolute atomic E-state index is 11.8. The van der Waals surface area contributed by atoms with Gasteiger partial charge in [0.2, 0.25) is 0 Å². The average molecular weight is 414 g/mol. The van der Waals surface area contributed by atoms with E-state index in [1.807, 2.05) is 24.3 Å². The molecule has 0 fully saturated rings. The summed E-state index contributed by atoms with van der Waals surface area (Å²) in [5.74, 6) is -1.24. The Kier molecular flexibility index (Phi) is 5.58. The first-order valence-electron chi connectivity index (χ1n) is 11.0. The molecule has 2 aliphatic rings. The summed E-state index contributed by atoms with van der Waals surface area (Å²) in [7, 11) is 0. The Morgan fingerprint density at radius 3 is 2.00 bits per heavy atom. The van der Waals surface area contributed by atoms with Gasteiger partial charge >= 0.3 is 5.97 Å². The third-order valence-electron chi connectivity index (χ3n) is 6.59. The number of nitrogens with zero attached hydrogens (tertiary/aromatic N) is 1. The molecule has 0 bridgehead atoms. The maximum Gasteiger partial charge on any atom is 0.312 e. The summed E-state index contributed by atoms with van der Waals surface area (Å²) < 4.78 is 6.51. The Balaban J connectivity index is 1.34. The van der Waals surface area contributed by atoms with E-state index in [-0.39, 0.29) is 6.10 Å². The summed E-state index contributed by atoms with van der Waals surface area (Å²) in [6.07, 6.45) is 1.97. The van der Waals surface area contributed by atoms with E-state index in [2.05, 4.69) is 53.4 Å². The Labute approximate surface area is 183 Å². The van der Waals surface area contributed by atoms with Crippen molar-refractivity contribution in [1.29, 1.82) is 0 Å². The molecule has 1 aliphatic carbocycles. The zero-order chi connectivity index (χ0) is 21.2. The molecule has 0 spiro atoms. The summed E-state index contributed by atoms with van der Waals surface area (Å²) in [5, 5.41) is 9.72. The van der Waals surface area contributed by atoms with E-state index in [4.69, 9.17) is 4.74 Å². The maximum atomic E-state index is 11.8. The van der Waals surface area contributed by atoms with Crippen molar-refractivity contribution in [3.05, 3.63) is 106 Å². The third-order valence-corrected chi connectivity index (χ3v) is 6.59. The minimum atomic E-state index is -0.760. The van der Waals surface area contributed by atoms with Gasteiger partial charge in [-0.3, -0.25) is 9.69 Å². The van der Waals surface area contributed by atoms with Crippen molar-refractivity contribution < 1.29 is 14.6 Å². The van der Waals surface area contributed by atoms with E-state index in [0.717, 1.165) is 30.5 Å². The van der Waals surface area contributed by atoms with E-state index >= 15 is 0 Å². The van der Waals surface area contributed by atoms with Gasteiger partial charge < -0.3 is 9.84 Å². The first kappa shape index (κ1) is 20.0. The SMILES string of the molecule is O=C(O)C1CN(CCOC2c3ccccc3CCc3ccccc32)Cc2ccccc21. The Bertz CT molecular complexity index is 1050. The largest absolute Gasteiger partial charge is 0.481 e. The summed E-state index contributed by atoms with van der Waals surface area (Å²) in [6.45, 7) is 2.55. The van der Waals surface area contributed by atoms with Crippen molar-refractivity contribution in [1.82, 2.24) is 4.90 Å². The fourth-order valence-electron chi connectivity index (χ4n) is 5.01. The molecule has 0 radical (unpaired) electrons. The number of aliphatic carboxylic acids is 1. The molecule has 1 N–H and O–H groups in total. The van der Waals surface area contributed by atoms with Crippen LogP contribution < -0.4 is 0 Å². The Morgan fingerprint density at radius 2 is 1.39 bits per heavy atom. The first-order valence-corrected chi connectivity index (χ1v) is 11.0. The van der Waals surface area contributed by atoms with E-state index in [1.165, 1.54) is 22.3 Å². The van der Waals surface area contributed by atoms with Crippen LogP contribution in [0.25, 0.3) is 0 Å². The quantitative estimate of drug-likeness (QED) is 0.665. The number of carbonyl (C=O) groups is 1. The van der Waals surface area contributed by atoms with Crippen LogP contribution in [0.2, 0.25) is 0 Å². The lowest BCUT2D eigenvalue weighted by Gasteiger charge is -2.33. The summed E-state index contributed by atoms with van der Waals surface area (Å²) >= 11 is 0. The van der Waals surface area contributed by atoms with Gasteiger partial charge in [0.05, 0.1) is 12.5 Å². The molecule has 3 aromatic carbocycles. The minimum absolute atomic E-state index is 0.0813. The lowest BCUT2D eigenvalue weighted by atomic mass is 9.90. The average Bonchev–Trinajstić information content (AvgIpc) is 2.96. The van der Waals surface area contributed by atoms with E-state index in [0.29, 0.717) is 19.7 Å². The fourth-order valence-corrected chi connectivity index (χ4v) is 5.01. The monoisotopic (exact) mass is 413 g/mol. The summed E-state index contributed by atoms with van der Waals surface area (Å²) in [6, 6.07) is 25.0. The van der Waals surface area contributed by atoms with Crippen LogP contribution in [0.3, 0.4) is 0 Å². The molecular weight excluding hydrogens is 386 g/mol. The minimum Gasteiger partial charge on any atom is -0.481 e. The standard InChI is InChI=1S/C27H27NO3/c29-27(30)25-18-28(17-21-9-3-4-10-22(21)25)15-16-31-26-23-11-5-1-7-19(23)13-14-20-8-2-6-12-24(20)26/h1-12,25-26H,13-18H2,(H,29,30). The fraction of sp³-hybridized carbons (Fsp3) is 0.296. The molecule has 0 saturated heterocycles. The third kappa shape index (κ3) is 4.01. The van der Waals surface area contributed by atoms with E-state index in [1.54, 1.807) is 0 Å². The highest BCUT2D eigenvalue weighted by molar-refractivity contribution is 5.77. The van der Waals surface area contributed by atoms with Gasteiger partial charge in [-0.1, -0.05) is 72.8 Å². The van der Waals surface area contributed by atoms with Crippen LogP contribution >= 0.6 is 0 Å². The molecule has 158 valence electrons. The van der Waals surface area contributed by atoms with Gasteiger partial charge in [0.25, 0.3) is 0 Å². The molecule has 0 amide bonds. The molecule has 4 nitrogen and oxygen atoms in total. The smallest absolute Gasteiger partial charge is 0.312 e. The summed E-state index contributed by atoms with van der Waals surface area (Å²) in [5.41, 5.74) is 7.24. The number of benzene rings is 3. The van der Waals surface area contributed by atoms with Crippen LogP contribution in [-0.4, -0.2) is 35.7 Å². The van der Waals surface area contributed by atoms with Crippen molar-refractivity contribution >= 4 is 5.97 Å². The van der Waals surface area contributed by atoms with Crippen LogP contribution in [0.1, 0.15) is 45.4 Å². The van der Waals surface area contributed by atoms with E-state index in [9.17, 15) is 9.90 Å². The topological polar surface area (TPSA) is 49.8 Å². The molecule has 1 atom stereocenters. The summed E-state index contributed by atoms with van der Waals surface area (Å²) in [4.78, 5) is 14.0. The number of hydrogen-bond acceptors (Lipinski definition) is 3. The van der Waals surface area contributed by atoms with Crippen LogP contribution in [0.15, 0.2) is 72.8 Å². The molecule has 0 aromatic heterocycles. The van der Waals surface area contributed by atoms with Gasteiger partial charge in [0.1, 0.15) is 6.10 Å². The highest BCUT2D eigenvalue weighted by Crippen LogP contribution is 2.35. The van der Waals surface area contributed by atoms with Gasteiger partial charge in [0.15, 0.2) is 0 Å². The van der Waals surface area contributed by atoms with Gasteiger partial charge in [0, 0.05) is 19.6 Å². The van der Waals surface area contributed by atoms with Gasteiger partial charge in [-0.15, -0.1) is 0 Å². The van der Waals surface area contributed by atoms with Gasteiger partial charge in [-0.2, -0.15) is 0 Å². The van der Waals surface area contributed by atoms with Crippen molar-refractivity contribution in [3.8, 4) is 0 Å². The number of carboxylic acids is 1. The van der Waals surface area contributed by atoms with Crippen molar-refractivity contribution in [3.63, 3.8) is 0 Å².